The molecule has 0 radical (unpaired) electrons. The third kappa shape index (κ3) is 4.35. The summed E-state index contributed by atoms with van der Waals surface area (Å²) in [5.41, 5.74) is 4.74. The summed E-state index contributed by atoms with van der Waals surface area (Å²) >= 11 is 0. The van der Waals surface area contributed by atoms with Crippen molar-refractivity contribution in [1.82, 2.24) is 24.6 Å². The molecule has 1 saturated heterocycles. The van der Waals surface area contributed by atoms with E-state index in [1.807, 2.05) is 35.4 Å². The van der Waals surface area contributed by atoms with Gasteiger partial charge in [0.05, 0.1) is 37.7 Å². The zero-order chi connectivity index (χ0) is 22.1. The molecule has 1 N–H and O–H groups in total. The summed E-state index contributed by atoms with van der Waals surface area (Å²) in [5, 5.41) is 17.4. The summed E-state index contributed by atoms with van der Waals surface area (Å²) in [4.78, 5) is 11.6. The Bertz CT molecular complexity index is 1160. The van der Waals surface area contributed by atoms with E-state index in [1.54, 1.807) is 0 Å². The van der Waals surface area contributed by atoms with Crippen molar-refractivity contribution in [1.29, 1.82) is 5.26 Å². The lowest BCUT2D eigenvalue weighted by Gasteiger charge is -2.34. The summed E-state index contributed by atoms with van der Waals surface area (Å²) in [7, 11) is 4.12. The minimum absolute atomic E-state index is 0.459. The molecule has 0 spiro atoms. The van der Waals surface area contributed by atoms with Gasteiger partial charge in [-0.3, -0.25) is 4.68 Å². The highest BCUT2D eigenvalue weighted by atomic mass is 16.5. The first kappa shape index (κ1) is 20.6. The minimum Gasteiger partial charge on any atom is -0.378 e. The number of nitrogens with zero attached hydrogens (tertiary/aromatic N) is 6. The Morgan fingerprint density at radius 2 is 2.12 bits per heavy atom. The molecule has 32 heavy (non-hydrogen) atoms. The average molecular weight is 430 g/mol. The summed E-state index contributed by atoms with van der Waals surface area (Å²) < 4.78 is 7.09. The molecule has 3 aromatic rings. The first-order valence-electron chi connectivity index (χ1n) is 10.9. The second-order valence-electron chi connectivity index (χ2n) is 9.15. The van der Waals surface area contributed by atoms with Crippen LogP contribution in [0, 0.1) is 16.7 Å². The molecule has 1 aromatic carbocycles. The molecular weight excluding hydrogens is 402 g/mol. The van der Waals surface area contributed by atoms with Gasteiger partial charge >= 0.3 is 0 Å². The number of ether oxygens (including phenoxy) is 1. The standard InChI is InChI=1S/C24H27N7O/c1-30(2)11-17-4-3-5-20(8-17)28-23-26-10-21(18-6-7-18)22(29-23)19-9-27-31(12-19)14-24(13-25)15-32-16-24/h3-5,8-10,12,18H,6-7,11,14-16H2,1-2H3,(H,26,28,29). The number of nitriles is 1. The first-order valence-corrected chi connectivity index (χ1v) is 10.9. The van der Waals surface area contributed by atoms with E-state index in [0.717, 1.165) is 23.5 Å². The SMILES string of the molecule is CN(C)Cc1cccc(Nc2ncc(C3CC3)c(-c3cnn(CC4(C#N)COC4)c3)n2)c1. The number of benzene rings is 1. The van der Waals surface area contributed by atoms with Crippen LogP contribution in [0.2, 0.25) is 0 Å². The Balaban J connectivity index is 1.40. The average Bonchev–Trinajstić information content (AvgIpc) is 3.48. The Hall–Kier alpha value is -3.28. The number of rotatable bonds is 8. The zero-order valence-electron chi connectivity index (χ0n) is 18.5. The van der Waals surface area contributed by atoms with Crippen LogP contribution >= 0.6 is 0 Å². The third-order valence-corrected chi connectivity index (χ3v) is 5.88. The molecule has 8 heteroatoms. The van der Waals surface area contributed by atoms with Gasteiger partial charge in [-0.2, -0.15) is 10.4 Å². The summed E-state index contributed by atoms with van der Waals surface area (Å²) in [6.07, 6.45) is 8.09. The molecule has 0 amide bonds. The van der Waals surface area contributed by atoms with Crippen molar-refractivity contribution in [2.45, 2.75) is 31.8 Å². The van der Waals surface area contributed by atoms with Gasteiger partial charge in [0.1, 0.15) is 5.41 Å². The fourth-order valence-electron chi connectivity index (χ4n) is 4.04. The largest absolute Gasteiger partial charge is 0.378 e. The summed E-state index contributed by atoms with van der Waals surface area (Å²) in [6.45, 7) is 2.31. The van der Waals surface area contributed by atoms with Gasteiger partial charge in [0.2, 0.25) is 5.95 Å². The van der Waals surface area contributed by atoms with Crippen molar-refractivity contribution in [3.05, 3.63) is 54.0 Å². The Labute approximate surface area is 187 Å². The monoisotopic (exact) mass is 429 g/mol. The molecular formula is C24H27N7O. The van der Waals surface area contributed by atoms with Gasteiger partial charge in [-0.25, -0.2) is 9.97 Å². The van der Waals surface area contributed by atoms with Gasteiger partial charge in [0.25, 0.3) is 0 Å². The predicted molar refractivity (Wildman–Crippen MR) is 121 cm³/mol. The fraction of sp³-hybridized carbons (Fsp3) is 0.417. The second kappa shape index (κ2) is 8.34. The number of nitrogens with one attached hydrogen (secondary N) is 1. The number of hydrogen-bond donors (Lipinski definition) is 1. The highest BCUT2D eigenvalue weighted by molar-refractivity contribution is 5.65. The Kier molecular flexibility index (Phi) is 5.37. The molecule has 2 aromatic heterocycles. The van der Waals surface area contributed by atoms with Gasteiger partial charge in [-0.05, 0) is 50.6 Å². The Morgan fingerprint density at radius 3 is 2.81 bits per heavy atom. The van der Waals surface area contributed by atoms with E-state index in [2.05, 4.69) is 52.6 Å². The quantitative estimate of drug-likeness (QED) is 0.585. The van der Waals surface area contributed by atoms with Crippen molar-refractivity contribution in [2.24, 2.45) is 5.41 Å². The van der Waals surface area contributed by atoms with Crippen molar-refractivity contribution in [3.63, 3.8) is 0 Å². The highest BCUT2D eigenvalue weighted by Crippen LogP contribution is 2.44. The van der Waals surface area contributed by atoms with Crippen LogP contribution < -0.4 is 5.32 Å². The third-order valence-electron chi connectivity index (χ3n) is 5.88. The first-order chi connectivity index (χ1) is 15.5. The molecule has 8 nitrogen and oxygen atoms in total. The van der Waals surface area contributed by atoms with Gasteiger partial charge in [0.15, 0.2) is 0 Å². The van der Waals surface area contributed by atoms with E-state index < -0.39 is 5.41 Å². The molecule has 1 aliphatic heterocycles. The normalized spacial score (nSPS) is 17.1. The van der Waals surface area contributed by atoms with Crippen molar-refractivity contribution >= 4 is 11.6 Å². The van der Waals surface area contributed by atoms with E-state index in [0.29, 0.717) is 31.6 Å². The van der Waals surface area contributed by atoms with E-state index in [4.69, 9.17) is 9.72 Å². The maximum atomic E-state index is 9.49. The van der Waals surface area contributed by atoms with Crippen LogP contribution in [0.3, 0.4) is 0 Å². The Morgan fingerprint density at radius 1 is 1.28 bits per heavy atom. The molecule has 0 atom stereocenters. The maximum absolute atomic E-state index is 9.49. The lowest BCUT2D eigenvalue weighted by Crippen LogP contribution is -2.44. The molecule has 1 aliphatic carbocycles. The molecule has 2 fully saturated rings. The number of aromatic nitrogens is 4. The van der Waals surface area contributed by atoms with Crippen LogP contribution in [0.25, 0.3) is 11.3 Å². The number of hydrogen-bond acceptors (Lipinski definition) is 7. The molecule has 2 aliphatic rings. The summed E-state index contributed by atoms with van der Waals surface area (Å²) in [5.74, 6) is 1.08. The van der Waals surface area contributed by atoms with Gasteiger partial charge in [-0.15, -0.1) is 0 Å². The predicted octanol–water partition coefficient (Wildman–Crippen LogP) is 3.56. The van der Waals surface area contributed by atoms with Crippen LogP contribution in [0.1, 0.15) is 29.9 Å². The maximum Gasteiger partial charge on any atom is 0.227 e. The van der Waals surface area contributed by atoms with Crippen LogP contribution in [0.15, 0.2) is 42.9 Å². The molecule has 3 heterocycles. The topological polar surface area (TPSA) is 91.9 Å². The lowest BCUT2D eigenvalue weighted by molar-refractivity contribution is -0.0870. The minimum atomic E-state index is -0.474. The van der Waals surface area contributed by atoms with Gasteiger partial charge in [-0.1, -0.05) is 12.1 Å². The molecule has 5 rings (SSSR count). The smallest absolute Gasteiger partial charge is 0.227 e. The van der Waals surface area contributed by atoms with Crippen LogP contribution in [-0.4, -0.2) is 52.0 Å². The van der Waals surface area contributed by atoms with E-state index in [1.165, 1.54) is 24.0 Å². The second-order valence-corrected chi connectivity index (χ2v) is 9.15. The molecule has 164 valence electrons. The fourth-order valence-corrected chi connectivity index (χ4v) is 4.04. The van der Waals surface area contributed by atoms with E-state index in [-0.39, 0.29) is 0 Å². The molecule has 0 unspecified atom stereocenters. The lowest BCUT2D eigenvalue weighted by atomic mass is 9.88. The molecule has 0 bridgehead atoms. The molecule has 1 saturated carbocycles. The van der Waals surface area contributed by atoms with Crippen molar-refractivity contribution < 1.29 is 4.74 Å². The number of anilines is 2. The van der Waals surface area contributed by atoms with Gasteiger partial charge < -0.3 is 15.0 Å². The van der Waals surface area contributed by atoms with Crippen molar-refractivity contribution in [2.75, 3.05) is 32.6 Å². The van der Waals surface area contributed by atoms with Crippen LogP contribution in [-0.2, 0) is 17.8 Å². The zero-order valence-corrected chi connectivity index (χ0v) is 18.5. The van der Waals surface area contributed by atoms with Crippen LogP contribution in [0.5, 0.6) is 0 Å². The van der Waals surface area contributed by atoms with E-state index >= 15 is 0 Å². The van der Waals surface area contributed by atoms with E-state index in [9.17, 15) is 5.26 Å². The summed E-state index contributed by atoms with van der Waals surface area (Å²) in [6, 6.07) is 10.7. The van der Waals surface area contributed by atoms with Crippen LogP contribution in [0.4, 0.5) is 11.6 Å². The highest BCUT2D eigenvalue weighted by Gasteiger charge is 2.40. The van der Waals surface area contributed by atoms with Gasteiger partial charge in [0, 0.05) is 35.8 Å². The van der Waals surface area contributed by atoms with Crippen molar-refractivity contribution in [3.8, 4) is 17.3 Å².